The Hall–Kier alpha value is -0.610. The van der Waals surface area contributed by atoms with Crippen molar-refractivity contribution in [3.8, 4) is 0 Å². The molecular formula is C14H26N2O2. The molecule has 2 atom stereocenters. The van der Waals surface area contributed by atoms with Crippen molar-refractivity contribution >= 4 is 5.91 Å². The van der Waals surface area contributed by atoms with Crippen LogP contribution in [0.1, 0.15) is 45.4 Å². The van der Waals surface area contributed by atoms with Crippen LogP contribution in [0.5, 0.6) is 0 Å². The van der Waals surface area contributed by atoms with Gasteiger partial charge in [-0.2, -0.15) is 0 Å². The normalized spacial score (nSPS) is 36.6. The largest absolute Gasteiger partial charge is 0.365 e. The van der Waals surface area contributed by atoms with Crippen molar-refractivity contribution in [1.29, 1.82) is 0 Å². The summed E-state index contributed by atoms with van der Waals surface area (Å²) in [6.45, 7) is 2.05. The van der Waals surface area contributed by atoms with Crippen LogP contribution in [0.15, 0.2) is 0 Å². The molecule has 104 valence electrons. The number of rotatable bonds is 3. The molecule has 0 aromatic heterocycles. The Morgan fingerprint density at radius 2 is 1.83 bits per heavy atom. The van der Waals surface area contributed by atoms with Crippen molar-refractivity contribution in [3.63, 3.8) is 0 Å². The second-order valence-corrected chi connectivity index (χ2v) is 5.76. The van der Waals surface area contributed by atoms with Crippen LogP contribution in [0.25, 0.3) is 0 Å². The van der Waals surface area contributed by atoms with Crippen LogP contribution in [0, 0.1) is 0 Å². The average Bonchev–Trinajstić information content (AvgIpc) is 2.84. The summed E-state index contributed by atoms with van der Waals surface area (Å²) in [5.74, 6) is 0.187. The van der Waals surface area contributed by atoms with Gasteiger partial charge in [-0.05, 0) is 52.5 Å². The molecule has 1 saturated carbocycles. The number of likely N-dealkylation sites (N-methyl/N-ethyl adjacent to an activating group) is 1. The first-order chi connectivity index (χ1) is 8.61. The number of nitrogens with zero attached hydrogens (tertiary/aromatic N) is 1. The van der Waals surface area contributed by atoms with Crippen molar-refractivity contribution in [1.82, 2.24) is 10.2 Å². The van der Waals surface area contributed by atoms with Gasteiger partial charge in [-0.25, -0.2) is 0 Å². The van der Waals surface area contributed by atoms with E-state index in [1.807, 2.05) is 25.9 Å². The van der Waals surface area contributed by atoms with E-state index in [9.17, 15) is 4.79 Å². The molecule has 0 spiro atoms. The van der Waals surface area contributed by atoms with Crippen molar-refractivity contribution < 1.29 is 9.53 Å². The fourth-order valence-corrected chi connectivity index (χ4v) is 3.14. The van der Waals surface area contributed by atoms with Crippen LogP contribution in [0.2, 0.25) is 0 Å². The van der Waals surface area contributed by atoms with Crippen molar-refractivity contribution in [2.75, 3.05) is 14.1 Å². The lowest BCUT2D eigenvalue weighted by molar-refractivity contribution is -0.144. The number of amides is 1. The number of carbonyl (C=O) groups is 1. The Balaban J connectivity index is 1.84. The van der Waals surface area contributed by atoms with E-state index in [-0.39, 0.29) is 18.1 Å². The lowest BCUT2D eigenvalue weighted by Gasteiger charge is -2.35. The van der Waals surface area contributed by atoms with Gasteiger partial charge in [0.15, 0.2) is 0 Å². The summed E-state index contributed by atoms with van der Waals surface area (Å²) in [5.41, 5.74) is 0. The Kier molecular flexibility index (Phi) is 4.62. The fraction of sp³-hybridized carbons (Fsp3) is 0.929. The van der Waals surface area contributed by atoms with Gasteiger partial charge in [0, 0.05) is 19.1 Å². The number of hydrogen-bond donors (Lipinski definition) is 1. The molecule has 1 amide bonds. The zero-order valence-electron chi connectivity index (χ0n) is 11.8. The first-order valence-corrected chi connectivity index (χ1v) is 7.21. The summed E-state index contributed by atoms with van der Waals surface area (Å²) >= 11 is 0. The predicted molar refractivity (Wildman–Crippen MR) is 71.4 cm³/mol. The van der Waals surface area contributed by atoms with Crippen LogP contribution in [-0.4, -0.2) is 49.2 Å². The lowest BCUT2D eigenvalue weighted by atomic mass is 9.90. The zero-order chi connectivity index (χ0) is 13.1. The quantitative estimate of drug-likeness (QED) is 0.830. The van der Waals surface area contributed by atoms with E-state index in [1.165, 1.54) is 12.8 Å². The summed E-state index contributed by atoms with van der Waals surface area (Å²) in [4.78, 5) is 14.3. The third-order valence-corrected chi connectivity index (χ3v) is 4.51. The first kappa shape index (κ1) is 13.8. The van der Waals surface area contributed by atoms with E-state index in [2.05, 4.69) is 5.32 Å². The van der Waals surface area contributed by atoms with Gasteiger partial charge in [0.2, 0.25) is 0 Å². The second-order valence-electron chi connectivity index (χ2n) is 5.76. The summed E-state index contributed by atoms with van der Waals surface area (Å²) in [7, 11) is 3.96. The minimum Gasteiger partial charge on any atom is -0.365 e. The summed E-state index contributed by atoms with van der Waals surface area (Å²) in [6.07, 6.45) is 6.50. The number of hydrogen-bond acceptors (Lipinski definition) is 3. The molecule has 0 radical (unpaired) electrons. The van der Waals surface area contributed by atoms with Crippen LogP contribution < -0.4 is 5.32 Å². The van der Waals surface area contributed by atoms with Crippen molar-refractivity contribution in [2.45, 2.75) is 69.7 Å². The Labute approximate surface area is 110 Å². The predicted octanol–water partition coefficient (Wildman–Crippen LogP) is 1.54. The maximum atomic E-state index is 12.3. The molecule has 1 heterocycles. The van der Waals surface area contributed by atoms with Crippen LogP contribution in [0.3, 0.4) is 0 Å². The highest BCUT2D eigenvalue weighted by Gasteiger charge is 2.34. The Morgan fingerprint density at radius 1 is 1.17 bits per heavy atom. The van der Waals surface area contributed by atoms with Gasteiger partial charge in [0.05, 0.1) is 6.10 Å². The van der Waals surface area contributed by atoms with Gasteiger partial charge >= 0.3 is 0 Å². The third kappa shape index (κ3) is 3.04. The molecule has 0 bridgehead atoms. The molecule has 4 heteroatoms. The van der Waals surface area contributed by atoms with Crippen LogP contribution >= 0.6 is 0 Å². The van der Waals surface area contributed by atoms with Crippen LogP contribution in [-0.2, 0) is 9.53 Å². The van der Waals surface area contributed by atoms with E-state index in [0.717, 1.165) is 25.7 Å². The molecule has 1 saturated heterocycles. The molecule has 0 aromatic rings. The van der Waals surface area contributed by atoms with Crippen molar-refractivity contribution in [2.24, 2.45) is 0 Å². The maximum Gasteiger partial charge on any atom is 0.251 e. The highest BCUT2D eigenvalue weighted by molar-refractivity contribution is 5.81. The zero-order valence-corrected chi connectivity index (χ0v) is 11.8. The summed E-state index contributed by atoms with van der Waals surface area (Å²) < 4.78 is 5.67. The van der Waals surface area contributed by atoms with Gasteiger partial charge in [-0.15, -0.1) is 0 Å². The minimum atomic E-state index is -0.188. The molecule has 1 aliphatic carbocycles. The van der Waals surface area contributed by atoms with Gasteiger partial charge in [0.1, 0.15) is 6.10 Å². The molecule has 1 N–H and O–H groups in total. The molecular weight excluding hydrogens is 228 g/mol. The average molecular weight is 254 g/mol. The van der Waals surface area contributed by atoms with Crippen molar-refractivity contribution in [3.05, 3.63) is 0 Å². The Morgan fingerprint density at radius 3 is 2.33 bits per heavy atom. The highest BCUT2D eigenvalue weighted by atomic mass is 16.5. The number of nitrogens with one attached hydrogen (secondary N) is 1. The standard InChI is InChI=1S/C14H26N2O2/c1-10-4-9-13(18-10)14(17)16(3)12-7-5-11(15-2)6-8-12/h10-13,15H,4-9H2,1-3H3. The molecule has 4 nitrogen and oxygen atoms in total. The molecule has 2 fully saturated rings. The second kappa shape index (κ2) is 6.02. The van der Waals surface area contributed by atoms with Crippen LogP contribution in [0.4, 0.5) is 0 Å². The van der Waals surface area contributed by atoms with E-state index < -0.39 is 0 Å². The van der Waals surface area contributed by atoms with E-state index in [4.69, 9.17) is 4.74 Å². The molecule has 1 aliphatic heterocycles. The fourth-order valence-electron chi connectivity index (χ4n) is 3.14. The molecule has 2 unspecified atom stereocenters. The highest BCUT2D eigenvalue weighted by Crippen LogP contribution is 2.26. The first-order valence-electron chi connectivity index (χ1n) is 7.21. The SMILES string of the molecule is CNC1CCC(N(C)C(=O)C2CCC(C)O2)CC1. The molecule has 2 rings (SSSR count). The number of carbonyl (C=O) groups excluding carboxylic acids is 1. The van der Waals surface area contributed by atoms with E-state index >= 15 is 0 Å². The van der Waals surface area contributed by atoms with Gasteiger partial charge < -0.3 is 15.0 Å². The Bertz CT molecular complexity index is 288. The third-order valence-electron chi connectivity index (χ3n) is 4.51. The van der Waals surface area contributed by atoms with Gasteiger partial charge in [-0.1, -0.05) is 0 Å². The van der Waals surface area contributed by atoms with Gasteiger partial charge in [0.25, 0.3) is 5.91 Å². The smallest absolute Gasteiger partial charge is 0.251 e. The maximum absolute atomic E-state index is 12.3. The van der Waals surface area contributed by atoms with Gasteiger partial charge in [-0.3, -0.25) is 4.79 Å². The summed E-state index contributed by atoms with van der Waals surface area (Å²) in [6, 6.07) is 1.04. The lowest BCUT2D eigenvalue weighted by Crippen LogP contribution is -2.46. The van der Waals surface area contributed by atoms with E-state index in [0.29, 0.717) is 12.1 Å². The monoisotopic (exact) mass is 254 g/mol. The molecule has 18 heavy (non-hydrogen) atoms. The minimum absolute atomic E-state index is 0.187. The molecule has 2 aliphatic rings. The topological polar surface area (TPSA) is 41.6 Å². The number of ether oxygens (including phenoxy) is 1. The molecule has 0 aromatic carbocycles. The summed E-state index contributed by atoms with van der Waals surface area (Å²) in [5, 5.41) is 3.33. The van der Waals surface area contributed by atoms with E-state index in [1.54, 1.807) is 0 Å².